The van der Waals surface area contributed by atoms with E-state index in [2.05, 4.69) is 26.7 Å². The third-order valence-electron chi connectivity index (χ3n) is 6.03. The molecular formula is C22H25N3O3S2. The fourth-order valence-electron chi connectivity index (χ4n) is 4.80. The summed E-state index contributed by atoms with van der Waals surface area (Å²) in [6.07, 6.45) is 5.32. The van der Waals surface area contributed by atoms with E-state index in [1.807, 2.05) is 36.4 Å². The van der Waals surface area contributed by atoms with Gasteiger partial charge >= 0.3 is 0 Å². The Morgan fingerprint density at radius 3 is 2.47 bits per heavy atom. The molecule has 30 heavy (non-hydrogen) atoms. The molecular weight excluding hydrogens is 418 g/mol. The number of para-hydroxylation sites is 1. The standard InChI is InChI=1S/C22H25N3O3S2/c1-30(26,27)24-16-12-17-8-9-18(13-16)25(17)14-15-6-10-19(11-7-15)28-22-23-20-4-2-3-5-21(20)29-22/h2-7,10-11,16-18,24H,8-9,12-14H2,1H3/t16?,17-,18+. The van der Waals surface area contributed by atoms with Crippen LogP contribution in [-0.4, -0.2) is 42.7 Å². The van der Waals surface area contributed by atoms with E-state index in [-0.39, 0.29) is 6.04 Å². The van der Waals surface area contributed by atoms with Crippen LogP contribution in [0.3, 0.4) is 0 Å². The molecule has 6 nitrogen and oxygen atoms in total. The molecule has 0 radical (unpaired) electrons. The Morgan fingerprint density at radius 2 is 1.80 bits per heavy atom. The average molecular weight is 444 g/mol. The molecule has 1 aromatic heterocycles. The Balaban J connectivity index is 1.22. The van der Waals surface area contributed by atoms with Crippen molar-refractivity contribution in [3.8, 4) is 10.9 Å². The van der Waals surface area contributed by atoms with Crippen LogP contribution < -0.4 is 9.46 Å². The molecule has 2 aliphatic heterocycles. The van der Waals surface area contributed by atoms with Crippen molar-refractivity contribution >= 4 is 31.6 Å². The van der Waals surface area contributed by atoms with Gasteiger partial charge in [-0.15, -0.1) is 0 Å². The molecule has 158 valence electrons. The second-order valence-corrected chi connectivity index (χ2v) is 11.1. The van der Waals surface area contributed by atoms with E-state index in [1.54, 1.807) is 11.3 Å². The number of hydrogen-bond donors (Lipinski definition) is 1. The lowest BCUT2D eigenvalue weighted by atomic mass is 9.97. The second-order valence-electron chi connectivity index (χ2n) is 8.31. The molecule has 1 N–H and O–H groups in total. The maximum absolute atomic E-state index is 11.6. The number of benzene rings is 2. The van der Waals surface area contributed by atoms with Gasteiger partial charge < -0.3 is 4.74 Å². The van der Waals surface area contributed by atoms with Crippen LogP contribution >= 0.6 is 11.3 Å². The van der Waals surface area contributed by atoms with Crippen LogP contribution in [0.25, 0.3) is 10.2 Å². The number of piperidine rings is 1. The van der Waals surface area contributed by atoms with Crippen molar-refractivity contribution in [3.05, 3.63) is 54.1 Å². The highest BCUT2D eigenvalue weighted by Gasteiger charge is 2.41. The number of sulfonamides is 1. The third kappa shape index (κ3) is 4.37. The Morgan fingerprint density at radius 1 is 1.10 bits per heavy atom. The largest absolute Gasteiger partial charge is 0.431 e. The van der Waals surface area contributed by atoms with Crippen LogP contribution in [0.5, 0.6) is 10.9 Å². The van der Waals surface area contributed by atoms with Gasteiger partial charge in [0.2, 0.25) is 10.0 Å². The molecule has 3 heterocycles. The van der Waals surface area contributed by atoms with E-state index in [4.69, 9.17) is 4.74 Å². The summed E-state index contributed by atoms with van der Waals surface area (Å²) >= 11 is 1.55. The van der Waals surface area contributed by atoms with E-state index in [1.165, 1.54) is 11.8 Å². The van der Waals surface area contributed by atoms with E-state index < -0.39 is 10.0 Å². The predicted molar refractivity (Wildman–Crippen MR) is 119 cm³/mol. The van der Waals surface area contributed by atoms with Crippen molar-refractivity contribution in [3.63, 3.8) is 0 Å². The molecule has 2 bridgehead atoms. The van der Waals surface area contributed by atoms with Crippen LogP contribution in [0.1, 0.15) is 31.2 Å². The monoisotopic (exact) mass is 443 g/mol. The van der Waals surface area contributed by atoms with Gasteiger partial charge in [-0.05, 0) is 55.5 Å². The van der Waals surface area contributed by atoms with E-state index in [0.717, 1.165) is 48.2 Å². The summed E-state index contributed by atoms with van der Waals surface area (Å²) in [6.45, 7) is 0.891. The molecule has 0 aliphatic carbocycles. The highest BCUT2D eigenvalue weighted by molar-refractivity contribution is 7.88. The van der Waals surface area contributed by atoms with Crippen molar-refractivity contribution < 1.29 is 13.2 Å². The van der Waals surface area contributed by atoms with Crippen LogP contribution in [0.4, 0.5) is 0 Å². The first-order chi connectivity index (χ1) is 14.4. The van der Waals surface area contributed by atoms with Crippen molar-refractivity contribution in [2.24, 2.45) is 0 Å². The van der Waals surface area contributed by atoms with Gasteiger partial charge in [0.15, 0.2) is 0 Å². The number of aromatic nitrogens is 1. The minimum absolute atomic E-state index is 0.0679. The molecule has 0 spiro atoms. The lowest BCUT2D eigenvalue weighted by Crippen LogP contribution is -2.49. The SMILES string of the molecule is CS(=O)(=O)NC1C[C@H]2CC[C@@H](C1)N2Cc1ccc(Oc2nc3ccccc3s2)cc1. The normalized spacial score (nSPS) is 24.4. The zero-order chi connectivity index (χ0) is 20.7. The summed E-state index contributed by atoms with van der Waals surface area (Å²) < 4.78 is 33.0. The molecule has 2 fully saturated rings. The first-order valence-corrected chi connectivity index (χ1v) is 13.0. The number of rotatable bonds is 6. The Bertz CT molecular complexity index is 1100. The molecule has 3 atom stereocenters. The Hall–Kier alpha value is -2.00. The first kappa shape index (κ1) is 19.9. The minimum Gasteiger partial charge on any atom is -0.431 e. The lowest BCUT2D eigenvalue weighted by molar-refractivity contribution is 0.116. The maximum atomic E-state index is 11.6. The molecule has 0 amide bonds. The Kier molecular flexibility index (Phi) is 5.26. The van der Waals surface area contributed by atoms with Crippen molar-refractivity contribution in [2.45, 2.75) is 50.4 Å². The summed E-state index contributed by atoms with van der Waals surface area (Å²) in [5.74, 6) is 0.789. The summed E-state index contributed by atoms with van der Waals surface area (Å²) in [7, 11) is -3.15. The lowest BCUT2D eigenvalue weighted by Gasteiger charge is -2.39. The molecule has 1 unspecified atom stereocenters. The highest BCUT2D eigenvalue weighted by Crippen LogP contribution is 2.37. The zero-order valence-electron chi connectivity index (χ0n) is 16.8. The average Bonchev–Trinajstić information content (AvgIpc) is 3.19. The molecule has 8 heteroatoms. The van der Waals surface area contributed by atoms with Crippen LogP contribution in [0.15, 0.2) is 48.5 Å². The van der Waals surface area contributed by atoms with E-state index >= 15 is 0 Å². The molecule has 2 saturated heterocycles. The van der Waals surface area contributed by atoms with E-state index in [0.29, 0.717) is 17.3 Å². The minimum atomic E-state index is -3.15. The van der Waals surface area contributed by atoms with Crippen molar-refractivity contribution in [2.75, 3.05) is 6.26 Å². The maximum Gasteiger partial charge on any atom is 0.279 e. The molecule has 3 aromatic rings. The number of hydrogen-bond acceptors (Lipinski definition) is 6. The summed E-state index contributed by atoms with van der Waals surface area (Å²) in [5.41, 5.74) is 2.21. The van der Waals surface area contributed by atoms with Gasteiger partial charge in [0, 0.05) is 24.7 Å². The van der Waals surface area contributed by atoms with Crippen LogP contribution in [0.2, 0.25) is 0 Å². The van der Waals surface area contributed by atoms with Gasteiger partial charge in [-0.3, -0.25) is 4.90 Å². The number of thiazole rings is 1. The molecule has 2 aliphatic rings. The summed E-state index contributed by atoms with van der Waals surface area (Å²) in [6, 6.07) is 17.2. The van der Waals surface area contributed by atoms with Gasteiger partial charge in [0.25, 0.3) is 5.19 Å². The number of nitrogens with zero attached hydrogens (tertiary/aromatic N) is 2. The third-order valence-corrected chi connectivity index (χ3v) is 7.71. The predicted octanol–water partition coefficient (Wildman–Crippen LogP) is 4.13. The van der Waals surface area contributed by atoms with Crippen molar-refractivity contribution in [1.29, 1.82) is 0 Å². The van der Waals surface area contributed by atoms with Gasteiger partial charge in [0.05, 0.1) is 16.5 Å². The molecule has 2 aromatic carbocycles. The smallest absolute Gasteiger partial charge is 0.279 e. The van der Waals surface area contributed by atoms with Gasteiger partial charge in [-0.25, -0.2) is 18.1 Å². The number of ether oxygens (including phenoxy) is 1. The first-order valence-electron chi connectivity index (χ1n) is 10.3. The highest BCUT2D eigenvalue weighted by atomic mass is 32.2. The fourth-order valence-corrected chi connectivity index (χ4v) is 6.43. The topological polar surface area (TPSA) is 71.5 Å². The zero-order valence-corrected chi connectivity index (χ0v) is 18.5. The summed E-state index contributed by atoms with van der Waals surface area (Å²) in [5, 5.41) is 0.655. The number of fused-ring (bicyclic) bond motifs is 3. The van der Waals surface area contributed by atoms with E-state index in [9.17, 15) is 8.42 Å². The van der Waals surface area contributed by atoms with Crippen LogP contribution in [0, 0.1) is 0 Å². The van der Waals surface area contributed by atoms with Crippen LogP contribution in [-0.2, 0) is 16.6 Å². The molecule has 5 rings (SSSR count). The van der Waals surface area contributed by atoms with Gasteiger partial charge in [-0.2, -0.15) is 0 Å². The van der Waals surface area contributed by atoms with Gasteiger partial charge in [-0.1, -0.05) is 35.6 Å². The second kappa shape index (κ2) is 7.92. The van der Waals surface area contributed by atoms with Crippen molar-refractivity contribution in [1.82, 2.24) is 14.6 Å². The quantitative estimate of drug-likeness (QED) is 0.620. The summed E-state index contributed by atoms with van der Waals surface area (Å²) in [4.78, 5) is 7.07. The fraction of sp³-hybridized carbons (Fsp3) is 0.409. The molecule has 0 saturated carbocycles. The Labute approximate surface area is 180 Å². The number of nitrogens with one attached hydrogen (secondary N) is 1. The van der Waals surface area contributed by atoms with Gasteiger partial charge in [0.1, 0.15) is 5.75 Å².